The van der Waals surface area contributed by atoms with Crippen molar-refractivity contribution < 1.29 is 14.6 Å². The van der Waals surface area contributed by atoms with Gasteiger partial charge in [0.1, 0.15) is 5.75 Å². The number of hydrogen-bond donors (Lipinski definition) is 2. The number of carbonyl (C=O) groups is 1. The lowest BCUT2D eigenvalue weighted by atomic mass is 10.1. The van der Waals surface area contributed by atoms with Crippen molar-refractivity contribution in [3.63, 3.8) is 0 Å². The number of ether oxygens (including phenoxy) is 1. The summed E-state index contributed by atoms with van der Waals surface area (Å²) < 4.78 is 7.40. The number of aromatic amines is 1. The van der Waals surface area contributed by atoms with Crippen LogP contribution in [0.15, 0.2) is 35.1 Å². The zero-order chi connectivity index (χ0) is 19.1. The third-order valence-electron chi connectivity index (χ3n) is 4.51. The van der Waals surface area contributed by atoms with Gasteiger partial charge in [0.15, 0.2) is 10.4 Å². The maximum absolute atomic E-state index is 12.5. The van der Waals surface area contributed by atoms with Crippen LogP contribution >= 0.6 is 12.2 Å². The van der Waals surface area contributed by atoms with Gasteiger partial charge < -0.3 is 9.84 Å². The second-order valence-corrected chi connectivity index (χ2v) is 6.75. The van der Waals surface area contributed by atoms with Crippen LogP contribution in [-0.2, 0) is 0 Å². The van der Waals surface area contributed by atoms with Crippen LogP contribution in [0.25, 0.3) is 16.7 Å². The number of para-hydroxylation sites is 2. The summed E-state index contributed by atoms with van der Waals surface area (Å²) in [6.45, 7) is 2.32. The van der Waals surface area contributed by atoms with Crippen LogP contribution in [0.4, 0.5) is 0 Å². The van der Waals surface area contributed by atoms with Crippen molar-refractivity contribution in [3.05, 3.63) is 56.7 Å². The van der Waals surface area contributed by atoms with Crippen LogP contribution < -0.4 is 10.3 Å². The predicted octanol–water partition coefficient (Wildman–Crippen LogP) is 3.42. The third-order valence-corrected chi connectivity index (χ3v) is 4.80. The Kier molecular flexibility index (Phi) is 4.27. The number of hydrogen-bond acceptors (Lipinski definition) is 5. The molecule has 0 saturated heterocycles. The molecule has 1 aliphatic rings. The molecule has 0 atom stereocenters. The second kappa shape index (κ2) is 6.62. The molecule has 3 aromatic rings. The number of benzene rings is 1. The minimum atomic E-state index is -1.17. The van der Waals surface area contributed by atoms with Gasteiger partial charge in [0.2, 0.25) is 0 Å². The van der Waals surface area contributed by atoms with E-state index < -0.39 is 11.5 Å². The van der Waals surface area contributed by atoms with Gasteiger partial charge in [0.25, 0.3) is 5.56 Å². The van der Waals surface area contributed by atoms with Gasteiger partial charge in [0.05, 0.1) is 23.2 Å². The lowest BCUT2D eigenvalue weighted by Crippen LogP contribution is -2.19. The highest BCUT2D eigenvalue weighted by Crippen LogP contribution is 2.40. The molecule has 2 aromatic heterocycles. The maximum Gasteiger partial charge on any atom is 0.336 e. The summed E-state index contributed by atoms with van der Waals surface area (Å²) in [5.41, 5.74) is 0.871. The predicted molar refractivity (Wildman–Crippen MR) is 103 cm³/mol. The normalized spacial score (nSPS) is 13.7. The van der Waals surface area contributed by atoms with Gasteiger partial charge in [-0.3, -0.25) is 14.3 Å². The van der Waals surface area contributed by atoms with E-state index in [9.17, 15) is 14.7 Å². The third kappa shape index (κ3) is 3.02. The van der Waals surface area contributed by atoms with E-state index in [4.69, 9.17) is 17.0 Å². The van der Waals surface area contributed by atoms with E-state index in [1.165, 1.54) is 6.07 Å². The number of rotatable bonds is 5. The van der Waals surface area contributed by atoms with E-state index in [1.54, 1.807) is 16.7 Å². The molecule has 0 radical (unpaired) electrons. The van der Waals surface area contributed by atoms with E-state index in [-0.39, 0.29) is 27.3 Å². The highest BCUT2D eigenvalue weighted by molar-refractivity contribution is 7.71. The first-order valence-corrected chi connectivity index (χ1v) is 9.07. The van der Waals surface area contributed by atoms with E-state index in [1.807, 2.05) is 19.1 Å². The summed E-state index contributed by atoms with van der Waals surface area (Å²) >= 11 is 5.39. The minimum absolute atomic E-state index is 0.00630. The Hall–Kier alpha value is -3.00. The zero-order valence-electron chi connectivity index (χ0n) is 14.6. The molecule has 138 valence electrons. The van der Waals surface area contributed by atoms with Crippen molar-refractivity contribution in [1.29, 1.82) is 0 Å². The molecule has 0 spiro atoms. The average Bonchev–Trinajstić information content (AvgIpc) is 3.47. The van der Waals surface area contributed by atoms with Crippen molar-refractivity contribution >= 4 is 29.2 Å². The first kappa shape index (κ1) is 17.4. The topological polar surface area (TPSA) is 97.2 Å². The molecule has 0 amide bonds. The molecule has 1 fully saturated rings. The molecule has 27 heavy (non-hydrogen) atoms. The van der Waals surface area contributed by atoms with Crippen molar-refractivity contribution in [2.45, 2.75) is 25.7 Å². The number of nitrogens with one attached hydrogen (secondary N) is 1. The van der Waals surface area contributed by atoms with Crippen LogP contribution in [-0.4, -0.2) is 32.2 Å². The van der Waals surface area contributed by atoms with Crippen LogP contribution in [0, 0.1) is 4.77 Å². The number of aromatic nitrogens is 3. The molecule has 1 aromatic carbocycles. The number of H-pyrrole nitrogens is 1. The largest absolute Gasteiger partial charge is 0.492 e. The molecule has 2 heterocycles. The molecular weight excluding hydrogens is 366 g/mol. The van der Waals surface area contributed by atoms with Crippen molar-refractivity contribution in [1.82, 2.24) is 14.5 Å². The highest BCUT2D eigenvalue weighted by atomic mass is 32.1. The van der Waals surface area contributed by atoms with Gasteiger partial charge in [-0.25, -0.2) is 9.78 Å². The van der Waals surface area contributed by atoms with Gasteiger partial charge in [-0.15, -0.1) is 0 Å². The van der Waals surface area contributed by atoms with Crippen LogP contribution in [0.1, 0.15) is 41.7 Å². The SMILES string of the molecule is CCOc1ccccc1-n1c(=S)[nH]c(=O)c2c(C(=O)O)cc(C3CC3)nc21. The highest BCUT2D eigenvalue weighted by Gasteiger charge is 2.28. The van der Waals surface area contributed by atoms with Gasteiger partial charge in [-0.05, 0) is 50.2 Å². The molecule has 1 aliphatic carbocycles. The molecule has 0 aliphatic heterocycles. The van der Waals surface area contributed by atoms with Gasteiger partial charge in [-0.1, -0.05) is 12.1 Å². The van der Waals surface area contributed by atoms with Crippen LogP contribution in [0.5, 0.6) is 5.75 Å². The van der Waals surface area contributed by atoms with Gasteiger partial charge in [-0.2, -0.15) is 0 Å². The number of nitrogens with zero attached hydrogens (tertiary/aromatic N) is 2. The van der Waals surface area contributed by atoms with E-state index >= 15 is 0 Å². The summed E-state index contributed by atoms with van der Waals surface area (Å²) in [5.74, 6) is -0.382. The van der Waals surface area contributed by atoms with Crippen molar-refractivity contribution in [2.75, 3.05) is 6.61 Å². The molecule has 1 saturated carbocycles. The molecule has 8 heteroatoms. The van der Waals surface area contributed by atoms with Crippen LogP contribution in [0.2, 0.25) is 0 Å². The number of fused-ring (bicyclic) bond motifs is 1. The monoisotopic (exact) mass is 383 g/mol. The Bertz CT molecular complexity index is 1180. The standard InChI is InChI=1S/C19H17N3O4S/c1-2-26-14-6-4-3-5-13(14)22-16-15(17(23)21-19(22)27)11(18(24)25)9-12(20-16)10-7-8-10/h3-6,9-10H,2,7-8H2,1H3,(H,24,25)(H,21,23,27). The Labute approximate surface area is 159 Å². The quantitative estimate of drug-likeness (QED) is 0.655. The van der Waals surface area contributed by atoms with Gasteiger partial charge >= 0.3 is 5.97 Å². The summed E-state index contributed by atoms with van der Waals surface area (Å²) in [5, 5.41) is 9.67. The van der Waals surface area contributed by atoms with Crippen molar-refractivity contribution in [2.24, 2.45) is 0 Å². The molecular formula is C19H17N3O4S. The maximum atomic E-state index is 12.5. The molecule has 0 bridgehead atoms. The number of aromatic carboxylic acids is 1. The first-order chi connectivity index (χ1) is 13.0. The summed E-state index contributed by atoms with van der Waals surface area (Å²) in [4.78, 5) is 31.6. The molecule has 4 rings (SSSR count). The minimum Gasteiger partial charge on any atom is -0.492 e. The fourth-order valence-corrected chi connectivity index (χ4v) is 3.43. The Balaban J connectivity index is 2.14. The lowest BCUT2D eigenvalue weighted by Gasteiger charge is -2.16. The summed E-state index contributed by atoms with van der Waals surface area (Å²) in [7, 11) is 0. The fourth-order valence-electron chi connectivity index (χ4n) is 3.15. The molecule has 0 unspecified atom stereocenters. The number of carboxylic acids is 1. The summed E-state index contributed by atoms with van der Waals surface area (Å²) in [6.07, 6.45) is 1.91. The van der Waals surface area contributed by atoms with Crippen molar-refractivity contribution in [3.8, 4) is 11.4 Å². The molecule has 7 nitrogen and oxygen atoms in total. The van der Waals surface area contributed by atoms with E-state index in [0.717, 1.165) is 12.8 Å². The Morgan fingerprint density at radius 1 is 1.41 bits per heavy atom. The summed E-state index contributed by atoms with van der Waals surface area (Å²) in [6, 6.07) is 8.74. The van der Waals surface area contributed by atoms with E-state index in [2.05, 4.69) is 9.97 Å². The number of pyridine rings is 1. The Morgan fingerprint density at radius 2 is 2.15 bits per heavy atom. The van der Waals surface area contributed by atoms with Crippen LogP contribution in [0.3, 0.4) is 0 Å². The molecule has 2 N–H and O–H groups in total. The van der Waals surface area contributed by atoms with Gasteiger partial charge in [0, 0.05) is 11.6 Å². The first-order valence-electron chi connectivity index (χ1n) is 8.66. The average molecular weight is 383 g/mol. The fraction of sp³-hybridized carbons (Fsp3) is 0.263. The number of carboxylic acid groups (broad SMARTS) is 1. The zero-order valence-corrected chi connectivity index (χ0v) is 15.4. The smallest absolute Gasteiger partial charge is 0.336 e. The second-order valence-electron chi connectivity index (χ2n) is 6.37. The lowest BCUT2D eigenvalue weighted by molar-refractivity contribution is 0.0698. The van der Waals surface area contributed by atoms with E-state index in [0.29, 0.717) is 23.7 Å². The Morgan fingerprint density at radius 3 is 2.81 bits per heavy atom.